The number of anilines is 3. The number of aromatic nitrogens is 6. The van der Waals surface area contributed by atoms with Crippen molar-refractivity contribution in [3.8, 4) is 17.6 Å². The number of hydrogen-bond donors (Lipinski definition) is 3. The molecular weight excluding hydrogens is 1300 g/mol. The van der Waals surface area contributed by atoms with Crippen molar-refractivity contribution >= 4 is 133 Å². The summed E-state index contributed by atoms with van der Waals surface area (Å²) < 4.78 is 61.1. The van der Waals surface area contributed by atoms with Crippen LogP contribution in [0.2, 0.25) is 0 Å². The summed E-state index contributed by atoms with van der Waals surface area (Å²) in [5.74, 6) is 0.340. The molecule has 58 heavy (non-hydrogen) atoms. The van der Waals surface area contributed by atoms with E-state index in [1.165, 1.54) is 55.0 Å². The van der Waals surface area contributed by atoms with Crippen LogP contribution in [0.1, 0.15) is 63.2 Å². The third kappa shape index (κ3) is 14.7. The van der Waals surface area contributed by atoms with Crippen molar-refractivity contribution in [2.24, 2.45) is 0 Å². The molecule has 1 unspecified atom stereocenters. The zero-order chi connectivity index (χ0) is 42.0. The third-order valence-corrected chi connectivity index (χ3v) is 11.4. The lowest BCUT2D eigenvalue weighted by Crippen LogP contribution is -2.09. The summed E-state index contributed by atoms with van der Waals surface area (Å²) in [5.41, 5.74) is 19.3. The van der Waals surface area contributed by atoms with Crippen LogP contribution in [0, 0.1) is 28.2 Å². The predicted molar refractivity (Wildman–Crippen MR) is 254 cm³/mol. The maximum absolute atomic E-state index is 13.3. The average molecular weight is 1330 g/mol. The molecule has 0 bridgehead atoms. The number of hydrogen-bond acceptors (Lipinski definition) is 12. The Morgan fingerprint density at radius 2 is 0.741 bits per heavy atom. The van der Waals surface area contributed by atoms with Gasteiger partial charge in [-0.05, 0) is 191 Å². The zero-order valence-electron chi connectivity index (χ0n) is 29.7. The van der Waals surface area contributed by atoms with Crippen LogP contribution in [0.15, 0.2) is 87.0 Å². The Hall–Kier alpha value is -2.88. The van der Waals surface area contributed by atoms with E-state index in [-0.39, 0.29) is 78.3 Å². The minimum Gasteiger partial charge on any atom is -0.467 e. The van der Waals surface area contributed by atoms with Gasteiger partial charge in [0.05, 0.1) is 18.6 Å². The van der Waals surface area contributed by atoms with E-state index in [4.69, 9.17) is 31.4 Å². The SMILES string of the molecule is C.CC(Oc1nc(Br)cnc1N)c1cc(F)ccc1I.C[C@@H](Oc1nc(Br)cnc1N)c1cc(F)ccc1I.C[C@H](Oc1nc(Br)cnc1N)c1cc(F)ccc1I. The van der Waals surface area contributed by atoms with E-state index in [9.17, 15) is 13.2 Å². The average Bonchev–Trinajstić information content (AvgIpc) is 3.16. The lowest BCUT2D eigenvalue weighted by atomic mass is 10.1. The van der Waals surface area contributed by atoms with Crippen LogP contribution < -0.4 is 31.4 Å². The second-order valence-corrected chi connectivity index (χ2v) is 17.4. The molecule has 6 aromatic rings. The Bertz CT molecular complexity index is 2090. The standard InChI is InChI=1S/3C12H10BrFIN3O.CH4/c3*1-6(8-4-7(14)2-3-9(8)15)19-12-11(16)17-5-10(13)18-12;/h3*2-6H,1H3,(H2,16,17);1H4/t2*6-;;/m10../s1. The van der Waals surface area contributed by atoms with E-state index >= 15 is 0 Å². The Morgan fingerprint density at radius 3 is 0.983 bits per heavy atom. The van der Waals surface area contributed by atoms with Crippen molar-refractivity contribution in [2.75, 3.05) is 17.2 Å². The van der Waals surface area contributed by atoms with Gasteiger partial charge in [0.1, 0.15) is 49.6 Å². The van der Waals surface area contributed by atoms with Crippen LogP contribution in [0.4, 0.5) is 30.6 Å². The molecule has 3 aromatic heterocycles. The van der Waals surface area contributed by atoms with Gasteiger partial charge in [-0.15, -0.1) is 0 Å². The van der Waals surface area contributed by atoms with Crippen LogP contribution >= 0.6 is 116 Å². The van der Waals surface area contributed by atoms with Crippen LogP contribution in [0.5, 0.6) is 17.6 Å². The second kappa shape index (κ2) is 23.2. The quantitative estimate of drug-likeness (QED) is 0.117. The fraction of sp³-hybridized carbons (Fsp3) is 0.189. The molecule has 6 rings (SSSR count). The van der Waals surface area contributed by atoms with Gasteiger partial charge in [0.15, 0.2) is 17.5 Å². The van der Waals surface area contributed by atoms with Gasteiger partial charge in [0.2, 0.25) is 0 Å². The number of ether oxygens (including phenoxy) is 3. The zero-order valence-corrected chi connectivity index (χ0v) is 40.9. The lowest BCUT2D eigenvalue weighted by Gasteiger charge is -2.16. The van der Waals surface area contributed by atoms with E-state index in [1.807, 2.05) is 0 Å². The van der Waals surface area contributed by atoms with E-state index in [0.29, 0.717) is 13.8 Å². The highest BCUT2D eigenvalue weighted by Gasteiger charge is 2.18. The molecule has 21 heteroatoms. The van der Waals surface area contributed by atoms with Crippen LogP contribution in [0.3, 0.4) is 0 Å². The van der Waals surface area contributed by atoms with Crippen molar-refractivity contribution in [3.05, 3.63) is 132 Å². The van der Waals surface area contributed by atoms with Gasteiger partial charge in [-0.3, -0.25) is 0 Å². The van der Waals surface area contributed by atoms with Crippen LogP contribution in [0.25, 0.3) is 0 Å². The van der Waals surface area contributed by atoms with E-state index in [0.717, 1.165) is 27.4 Å². The summed E-state index contributed by atoms with van der Waals surface area (Å²) in [7, 11) is 0. The fourth-order valence-electron chi connectivity index (χ4n) is 4.51. The molecule has 0 amide bonds. The molecule has 3 heterocycles. The molecule has 0 radical (unpaired) electrons. The first kappa shape index (κ1) is 49.5. The summed E-state index contributed by atoms with van der Waals surface area (Å²) in [5, 5.41) is 0. The predicted octanol–water partition coefficient (Wildman–Crippen LogP) is 11.8. The van der Waals surface area contributed by atoms with Gasteiger partial charge in [0, 0.05) is 27.4 Å². The summed E-state index contributed by atoms with van der Waals surface area (Å²) in [6, 6.07) is 13.6. The number of nitrogens with zero attached hydrogens (tertiary/aromatic N) is 6. The smallest absolute Gasteiger partial charge is 0.258 e. The molecule has 0 spiro atoms. The van der Waals surface area contributed by atoms with Crippen molar-refractivity contribution in [2.45, 2.75) is 46.5 Å². The van der Waals surface area contributed by atoms with E-state index in [2.05, 4.69) is 145 Å². The van der Waals surface area contributed by atoms with Gasteiger partial charge in [-0.1, -0.05) is 7.43 Å². The highest BCUT2D eigenvalue weighted by Crippen LogP contribution is 2.31. The van der Waals surface area contributed by atoms with Gasteiger partial charge in [-0.25, -0.2) is 43.1 Å². The molecule has 0 aliphatic heterocycles. The first-order valence-corrected chi connectivity index (χ1v) is 21.7. The number of benzene rings is 3. The molecule has 0 aliphatic rings. The molecule has 6 N–H and O–H groups in total. The number of nitrogen functional groups attached to an aromatic ring is 3. The van der Waals surface area contributed by atoms with Gasteiger partial charge < -0.3 is 31.4 Å². The van der Waals surface area contributed by atoms with Crippen LogP contribution in [-0.2, 0) is 0 Å². The maximum atomic E-state index is 13.3. The largest absolute Gasteiger partial charge is 0.467 e. The van der Waals surface area contributed by atoms with Crippen molar-refractivity contribution in [1.29, 1.82) is 0 Å². The number of rotatable bonds is 9. The molecule has 0 saturated heterocycles. The van der Waals surface area contributed by atoms with E-state index in [1.54, 1.807) is 39.0 Å². The summed E-state index contributed by atoms with van der Waals surface area (Å²) in [6.45, 7) is 5.41. The molecule has 3 atom stereocenters. The summed E-state index contributed by atoms with van der Waals surface area (Å²) in [6.07, 6.45) is 3.31. The van der Waals surface area contributed by atoms with Crippen molar-refractivity contribution in [3.63, 3.8) is 0 Å². The molecule has 308 valence electrons. The minimum absolute atomic E-state index is 0. The van der Waals surface area contributed by atoms with Gasteiger partial charge in [0.25, 0.3) is 17.6 Å². The first-order chi connectivity index (χ1) is 26.9. The van der Waals surface area contributed by atoms with Crippen molar-refractivity contribution in [1.82, 2.24) is 29.9 Å². The van der Waals surface area contributed by atoms with Gasteiger partial charge >= 0.3 is 0 Å². The minimum atomic E-state index is -0.381. The Morgan fingerprint density at radius 1 is 0.500 bits per heavy atom. The van der Waals surface area contributed by atoms with Crippen molar-refractivity contribution < 1.29 is 27.4 Å². The summed E-state index contributed by atoms with van der Waals surface area (Å²) >= 11 is 16.0. The Balaban J connectivity index is 0.000000231. The first-order valence-electron chi connectivity index (χ1n) is 16.1. The summed E-state index contributed by atoms with van der Waals surface area (Å²) in [4.78, 5) is 24.1. The number of halogens is 9. The molecule has 0 fully saturated rings. The topological polar surface area (TPSA) is 183 Å². The Labute approximate surface area is 399 Å². The van der Waals surface area contributed by atoms with Crippen LogP contribution in [-0.4, -0.2) is 29.9 Å². The Kier molecular flexibility index (Phi) is 19.8. The lowest BCUT2D eigenvalue weighted by molar-refractivity contribution is 0.216. The highest BCUT2D eigenvalue weighted by molar-refractivity contribution is 14.1. The molecule has 0 saturated carbocycles. The second-order valence-electron chi connectivity index (χ2n) is 11.4. The molecule has 0 aliphatic carbocycles. The highest BCUT2D eigenvalue weighted by atomic mass is 127. The van der Waals surface area contributed by atoms with Gasteiger partial charge in [-0.2, -0.15) is 0 Å². The molecule has 12 nitrogen and oxygen atoms in total. The number of nitrogens with two attached hydrogens (primary N) is 3. The van der Waals surface area contributed by atoms with E-state index < -0.39 is 0 Å². The third-order valence-electron chi connectivity index (χ3n) is 7.27. The maximum Gasteiger partial charge on any atom is 0.258 e. The molecular formula is C37H34Br3F3I3N9O3. The monoisotopic (exact) mass is 1330 g/mol. The normalized spacial score (nSPS) is 12.0. The molecule has 3 aromatic carbocycles. The fourth-order valence-corrected chi connectivity index (χ4v) is 7.63.